The molecule has 0 aromatic heterocycles. The van der Waals surface area contributed by atoms with Crippen molar-refractivity contribution in [3.8, 4) is 0 Å². The Morgan fingerprint density at radius 1 is 1.53 bits per heavy atom. The lowest BCUT2D eigenvalue weighted by molar-refractivity contribution is -0.143. The smallest absolute Gasteiger partial charge is 0.230 e. The van der Waals surface area contributed by atoms with E-state index in [1.54, 1.807) is 7.11 Å². The van der Waals surface area contributed by atoms with Gasteiger partial charge in [0, 0.05) is 26.7 Å². The molecule has 0 bridgehead atoms. The van der Waals surface area contributed by atoms with Crippen LogP contribution in [0.3, 0.4) is 0 Å². The summed E-state index contributed by atoms with van der Waals surface area (Å²) in [6.45, 7) is 7.74. The van der Waals surface area contributed by atoms with Gasteiger partial charge in [-0.1, -0.05) is 13.8 Å². The Balaban J connectivity index is 2.07. The lowest BCUT2D eigenvalue weighted by atomic mass is 9.75. The Labute approximate surface area is 104 Å². The molecule has 2 rings (SSSR count). The SMILES string of the molecule is COC1CCN(C(=O)C2(C(C)C)CCNC2)C1. The maximum atomic E-state index is 12.7. The third kappa shape index (κ3) is 2.20. The number of hydrogen-bond acceptors (Lipinski definition) is 3. The van der Waals surface area contributed by atoms with Crippen LogP contribution in [0.4, 0.5) is 0 Å². The molecule has 0 spiro atoms. The predicted molar refractivity (Wildman–Crippen MR) is 66.8 cm³/mol. The van der Waals surface area contributed by atoms with Crippen LogP contribution >= 0.6 is 0 Å². The minimum absolute atomic E-state index is 0.178. The third-order valence-corrected chi connectivity index (χ3v) is 4.49. The van der Waals surface area contributed by atoms with Crippen LogP contribution < -0.4 is 5.32 Å². The zero-order valence-corrected chi connectivity index (χ0v) is 11.2. The molecule has 2 heterocycles. The molecule has 2 fully saturated rings. The van der Waals surface area contributed by atoms with Gasteiger partial charge in [0.15, 0.2) is 0 Å². The molecule has 2 saturated heterocycles. The number of rotatable bonds is 3. The van der Waals surface area contributed by atoms with Crippen molar-refractivity contribution >= 4 is 5.91 Å². The van der Waals surface area contributed by atoms with Crippen molar-refractivity contribution in [2.24, 2.45) is 11.3 Å². The molecule has 2 atom stereocenters. The summed E-state index contributed by atoms with van der Waals surface area (Å²) in [5.74, 6) is 0.726. The van der Waals surface area contributed by atoms with Crippen LogP contribution in [0.2, 0.25) is 0 Å². The number of likely N-dealkylation sites (tertiary alicyclic amines) is 1. The Kier molecular flexibility index (Phi) is 3.73. The molecule has 2 aliphatic heterocycles. The van der Waals surface area contributed by atoms with Gasteiger partial charge in [0.1, 0.15) is 0 Å². The van der Waals surface area contributed by atoms with Gasteiger partial charge in [0.05, 0.1) is 11.5 Å². The van der Waals surface area contributed by atoms with E-state index in [-0.39, 0.29) is 11.5 Å². The van der Waals surface area contributed by atoms with Crippen molar-refractivity contribution in [2.75, 3.05) is 33.3 Å². The first-order valence-electron chi connectivity index (χ1n) is 6.63. The maximum Gasteiger partial charge on any atom is 0.230 e. The Morgan fingerprint density at radius 3 is 2.76 bits per heavy atom. The highest BCUT2D eigenvalue weighted by molar-refractivity contribution is 5.84. The number of ether oxygens (including phenoxy) is 1. The quantitative estimate of drug-likeness (QED) is 0.796. The number of methoxy groups -OCH3 is 1. The first-order chi connectivity index (χ1) is 8.10. The van der Waals surface area contributed by atoms with Gasteiger partial charge in [-0.2, -0.15) is 0 Å². The molecule has 4 heteroatoms. The molecule has 2 aliphatic rings. The predicted octanol–water partition coefficient (Wildman–Crippen LogP) is 0.869. The number of amides is 1. The monoisotopic (exact) mass is 240 g/mol. The summed E-state index contributed by atoms with van der Waals surface area (Å²) in [5.41, 5.74) is -0.178. The standard InChI is InChI=1S/C13H24N2O2/c1-10(2)13(5-6-14-9-13)12(16)15-7-4-11(8-15)17-3/h10-11,14H,4-9H2,1-3H3. The molecule has 0 saturated carbocycles. The lowest BCUT2D eigenvalue weighted by Gasteiger charge is -2.35. The van der Waals surface area contributed by atoms with Crippen LogP contribution in [0.15, 0.2) is 0 Å². The summed E-state index contributed by atoms with van der Waals surface area (Å²) >= 11 is 0. The van der Waals surface area contributed by atoms with Crippen molar-refractivity contribution in [1.82, 2.24) is 10.2 Å². The summed E-state index contributed by atoms with van der Waals surface area (Å²) in [5, 5.41) is 3.35. The summed E-state index contributed by atoms with van der Waals surface area (Å²) in [6, 6.07) is 0. The van der Waals surface area contributed by atoms with Crippen LogP contribution in [-0.4, -0.2) is 50.2 Å². The molecule has 4 nitrogen and oxygen atoms in total. The van der Waals surface area contributed by atoms with Crippen LogP contribution in [-0.2, 0) is 9.53 Å². The number of nitrogens with one attached hydrogen (secondary N) is 1. The molecule has 0 radical (unpaired) electrons. The van der Waals surface area contributed by atoms with Gasteiger partial charge in [-0.25, -0.2) is 0 Å². The summed E-state index contributed by atoms with van der Waals surface area (Å²) in [4.78, 5) is 14.7. The Morgan fingerprint density at radius 2 is 2.29 bits per heavy atom. The second-order valence-corrected chi connectivity index (χ2v) is 5.64. The molecule has 0 aromatic carbocycles. The first-order valence-corrected chi connectivity index (χ1v) is 6.63. The van der Waals surface area contributed by atoms with E-state index in [2.05, 4.69) is 19.2 Å². The first kappa shape index (κ1) is 12.8. The largest absolute Gasteiger partial charge is 0.380 e. The van der Waals surface area contributed by atoms with E-state index in [4.69, 9.17) is 4.74 Å². The fraction of sp³-hybridized carbons (Fsp3) is 0.923. The molecule has 1 amide bonds. The Bertz CT molecular complexity index is 285. The number of hydrogen-bond donors (Lipinski definition) is 1. The van der Waals surface area contributed by atoms with Gasteiger partial charge < -0.3 is 15.0 Å². The topological polar surface area (TPSA) is 41.6 Å². The zero-order valence-electron chi connectivity index (χ0n) is 11.2. The molecular formula is C13H24N2O2. The fourth-order valence-corrected chi connectivity index (χ4v) is 3.05. The van der Waals surface area contributed by atoms with Crippen LogP contribution in [0.1, 0.15) is 26.7 Å². The number of carbonyl (C=O) groups is 1. The van der Waals surface area contributed by atoms with Crippen molar-refractivity contribution in [3.05, 3.63) is 0 Å². The average molecular weight is 240 g/mol. The van der Waals surface area contributed by atoms with E-state index < -0.39 is 0 Å². The molecular weight excluding hydrogens is 216 g/mol. The van der Waals surface area contributed by atoms with Crippen molar-refractivity contribution < 1.29 is 9.53 Å². The van der Waals surface area contributed by atoms with E-state index in [1.165, 1.54) is 0 Å². The van der Waals surface area contributed by atoms with Gasteiger partial charge >= 0.3 is 0 Å². The minimum atomic E-state index is -0.178. The van der Waals surface area contributed by atoms with E-state index >= 15 is 0 Å². The van der Waals surface area contributed by atoms with Gasteiger partial charge in [0.2, 0.25) is 5.91 Å². The molecule has 1 N–H and O–H groups in total. The molecule has 0 aromatic rings. The summed E-state index contributed by atoms with van der Waals surface area (Å²) in [7, 11) is 1.73. The second-order valence-electron chi connectivity index (χ2n) is 5.64. The van der Waals surface area contributed by atoms with Gasteiger partial charge in [-0.05, 0) is 25.3 Å². The van der Waals surface area contributed by atoms with Gasteiger partial charge in [-0.15, -0.1) is 0 Å². The van der Waals surface area contributed by atoms with Gasteiger partial charge in [0.25, 0.3) is 0 Å². The lowest BCUT2D eigenvalue weighted by Crippen LogP contribution is -2.47. The number of carbonyl (C=O) groups excluding carboxylic acids is 1. The third-order valence-electron chi connectivity index (χ3n) is 4.49. The normalized spacial score (nSPS) is 33.6. The average Bonchev–Trinajstić information content (AvgIpc) is 2.98. The van der Waals surface area contributed by atoms with Crippen LogP contribution in [0, 0.1) is 11.3 Å². The van der Waals surface area contributed by atoms with Crippen molar-refractivity contribution in [3.63, 3.8) is 0 Å². The van der Waals surface area contributed by atoms with Crippen LogP contribution in [0.5, 0.6) is 0 Å². The number of nitrogens with zero attached hydrogens (tertiary/aromatic N) is 1. The van der Waals surface area contributed by atoms with Crippen LogP contribution in [0.25, 0.3) is 0 Å². The fourth-order valence-electron chi connectivity index (χ4n) is 3.05. The summed E-state index contributed by atoms with van der Waals surface area (Å²) < 4.78 is 5.34. The van der Waals surface area contributed by atoms with Crippen molar-refractivity contribution in [2.45, 2.75) is 32.8 Å². The highest BCUT2D eigenvalue weighted by Gasteiger charge is 2.47. The summed E-state index contributed by atoms with van der Waals surface area (Å²) in [6.07, 6.45) is 2.18. The minimum Gasteiger partial charge on any atom is -0.380 e. The highest BCUT2D eigenvalue weighted by Crippen LogP contribution is 2.37. The molecule has 17 heavy (non-hydrogen) atoms. The van der Waals surface area contributed by atoms with E-state index in [0.717, 1.165) is 39.0 Å². The van der Waals surface area contributed by atoms with Crippen molar-refractivity contribution in [1.29, 1.82) is 0 Å². The maximum absolute atomic E-state index is 12.7. The zero-order chi connectivity index (χ0) is 12.5. The highest BCUT2D eigenvalue weighted by atomic mass is 16.5. The second kappa shape index (κ2) is 4.94. The molecule has 2 unspecified atom stereocenters. The van der Waals surface area contributed by atoms with Gasteiger partial charge in [-0.3, -0.25) is 4.79 Å². The molecule has 98 valence electrons. The molecule has 0 aliphatic carbocycles. The van der Waals surface area contributed by atoms with E-state index in [9.17, 15) is 4.79 Å². The van der Waals surface area contributed by atoms with E-state index in [1.807, 2.05) is 4.90 Å². The Hall–Kier alpha value is -0.610. The van der Waals surface area contributed by atoms with E-state index in [0.29, 0.717) is 11.8 Å².